The zero-order valence-corrected chi connectivity index (χ0v) is 13.7. The molecule has 2 N–H and O–H groups in total. The van der Waals surface area contributed by atoms with E-state index >= 15 is 0 Å². The van der Waals surface area contributed by atoms with Gasteiger partial charge < -0.3 is 10.6 Å². The van der Waals surface area contributed by atoms with Crippen LogP contribution in [0.5, 0.6) is 0 Å². The molecule has 5 heteroatoms. The van der Waals surface area contributed by atoms with Gasteiger partial charge in [-0.2, -0.15) is 0 Å². The lowest BCUT2D eigenvalue weighted by Gasteiger charge is -2.16. The molecule has 1 fully saturated rings. The molecule has 1 aliphatic carbocycles. The van der Waals surface area contributed by atoms with Gasteiger partial charge in [0.1, 0.15) is 11.2 Å². The van der Waals surface area contributed by atoms with Crippen molar-refractivity contribution < 1.29 is 14.0 Å². The fourth-order valence-electron chi connectivity index (χ4n) is 2.66. The molecule has 124 valence electrons. The molecule has 0 saturated heterocycles. The number of hydrogen-bond acceptors (Lipinski definition) is 2. The Morgan fingerprint density at radius 2 is 1.58 bits per heavy atom. The van der Waals surface area contributed by atoms with E-state index in [1.807, 2.05) is 32.0 Å². The molecule has 1 saturated carbocycles. The highest BCUT2D eigenvalue weighted by atomic mass is 19.1. The average molecular weight is 326 g/mol. The van der Waals surface area contributed by atoms with Gasteiger partial charge in [-0.05, 0) is 62.6 Å². The minimum Gasteiger partial charge on any atom is -0.325 e. The minimum atomic E-state index is -1.04. The second-order valence-corrected chi connectivity index (χ2v) is 6.32. The van der Waals surface area contributed by atoms with Gasteiger partial charge in [0.2, 0.25) is 11.8 Å². The van der Waals surface area contributed by atoms with E-state index < -0.39 is 5.41 Å². The highest BCUT2D eigenvalue weighted by molar-refractivity contribution is 6.17. The van der Waals surface area contributed by atoms with Crippen molar-refractivity contribution in [3.05, 3.63) is 59.4 Å². The lowest BCUT2D eigenvalue weighted by Crippen LogP contribution is -2.35. The molecular weight excluding hydrogens is 307 g/mol. The number of rotatable bonds is 4. The largest absolute Gasteiger partial charge is 0.325 e. The molecule has 0 aromatic heterocycles. The number of carbonyl (C=O) groups is 2. The summed E-state index contributed by atoms with van der Waals surface area (Å²) >= 11 is 0. The second-order valence-electron chi connectivity index (χ2n) is 6.32. The Morgan fingerprint density at radius 3 is 2.17 bits per heavy atom. The molecule has 24 heavy (non-hydrogen) atoms. The highest BCUT2D eigenvalue weighted by Crippen LogP contribution is 2.47. The van der Waals surface area contributed by atoms with Gasteiger partial charge in [0, 0.05) is 11.4 Å². The van der Waals surface area contributed by atoms with Crippen molar-refractivity contribution in [3.63, 3.8) is 0 Å². The third kappa shape index (κ3) is 3.15. The Morgan fingerprint density at radius 1 is 0.958 bits per heavy atom. The van der Waals surface area contributed by atoms with Crippen molar-refractivity contribution in [1.29, 1.82) is 0 Å². The average Bonchev–Trinajstić information content (AvgIpc) is 3.34. The summed E-state index contributed by atoms with van der Waals surface area (Å²) in [5, 5.41) is 5.55. The predicted molar refractivity (Wildman–Crippen MR) is 91.2 cm³/mol. The third-order valence-corrected chi connectivity index (χ3v) is 4.35. The molecule has 0 aliphatic heterocycles. The molecule has 0 atom stereocenters. The van der Waals surface area contributed by atoms with Crippen LogP contribution in [-0.2, 0) is 9.59 Å². The number of carbonyl (C=O) groups excluding carboxylic acids is 2. The number of halogens is 1. The van der Waals surface area contributed by atoms with E-state index in [0.29, 0.717) is 24.2 Å². The summed E-state index contributed by atoms with van der Waals surface area (Å²) in [6.07, 6.45) is 1.02. The van der Waals surface area contributed by atoms with Crippen molar-refractivity contribution in [2.24, 2.45) is 5.41 Å². The van der Waals surface area contributed by atoms with Crippen LogP contribution in [0.4, 0.5) is 15.8 Å². The Hall–Kier alpha value is -2.69. The minimum absolute atomic E-state index is 0.297. The molecule has 0 spiro atoms. The summed E-state index contributed by atoms with van der Waals surface area (Å²) in [5.41, 5.74) is 2.23. The van der Waals surface area contributed by atoms with Crippen LogP contribution in [0.1, 0.15) is 24.0 Å². The van der Waals surface area contributed by atoms with Crippen LogP contribution in [-0.4, -0.2) is 11.8 Å². The first-order valence-corrected chi connectivity index (χ1v) is 7.86. The summed E-state index contributed by atoms with van der Waals surface area (Å²) in [4.78, 5) is 25.1. The Labute approximate surface area is 140 Å². The van der Waals surface area contributed by atoms with Gasteiger partial charge in [-0.25, -0.2) is 4.39 Å². The van der Waals surface area contributed by atoms with Crippen LogP contribution in [0, 0.1) is 25.1 Å². The normalized spacial score (nSPS) is 14.8. The number of anilines is 2. The van der Waals surface area contributed by atoms with E-state index in [4.69, 9.17) is 0 Å². The zero-order valence-electron chi connectivity index (χ0n) is 13.7. The van der Waals surface area contributed by atoms with Gasteiger partial charge in [-0.1, -0.05) is 17.7 Å². The van der Waals surface area contributed by atoms with Crippen LogP contribution >= 0.6 is 0 Å². The van der Waals surface area contributed by atoms with Crippen LogP contribution in [0.25, 0.3) is 0 Å². The van der Waals surface area contributed by atoms with Crippen molar-refractivity contribution in [1.82, 2.24) is 0 Å². The van der Waals surface area contributed by atoms with Gasteiger partial charge in [0.25, 0.3) is 0 Å². The molecule has 0 radical (unpaired) electrons. The second kappa shape index (κ2) is 6.07. The van der Waals surface area contributed by atoms with Crippen molar-refractivity contribution in [3.8, 4) is 0 Å². The first-order valence-electron chi connectivity index (χ1n) is 7.86. The lowest BCUT2D eigenvalue weighted by atomic mass is 10.0. The Balaban J connectivity index is 1.71. The molecule has 4 nitrogen and oxygen atoms in total. The molecule has 2 aromatic carbocycles. The standard InChI is InChI=1S/C19H19FN2O2/c1-12-3-8-16(13(2)11-12)22-18(24)19(9-10-19)17(23)21-15-6-4-14(20)5-7-15/h3-8,11H,9-10H2,1-2H3,(H,21,23)(H,22,24). The molecule has 3 rings (SSSR count). The lowest BCUT2D eigenvalue weighted by molar-refractivity contribution is -0.131. The first-order chi connectivity index (χ1) is 11.4. The van der Waals surface area contributed by atoms with E-state index in [1.165, 1.54) is 24.3 Å². The number of aryl methyl sites for hydroxylation is 2. The molecule has 0 heterocycles. The monoisotopic (exact) mass is 326 g/mol. The number of nitrogens with one attached hydrogen (secondary N) is 2. The van der Waals surface area contributed by atoms with Crippen LogP contribution in [0.15, 0.2) is 42.5 Å². The summed E-state index contributed by atoms with van der Waals surface area (Å²) in [6, 6.07) is 11.2. The van der Waals surface area contributed by atoms with E-state index in [2.05, 4.69) is 10.6 Å². The van der Waals surface area contributed by atoms with Crippen LogP contribution in [0.2, 0.25) is 0 Å². The fraction of sp³-hybridized carbons (Fsp3) is 0.263. The summed E-state index contributed by atoms with van der Waals surface area (Å²) < 4.78 is 12.9. The maximum atomic E-state index is 12.9. The molecule has 1 aliphatic rings. The van der Waals surface area contributed by atoms with Crippen LogP contribution in [0.3, 0.4) is 0 Å². The Kier molecular flexibility index (Phi) is 4.09. The quantitative estimate of drug-likeness (QED) is 0.840. The van der Waals surface area contributed by atoms with E-state index in [-0.39, 0.29) is 17.6 Å². The molecule has 0 unspecified atom stereocenters. The first kappa shape index (κ1) is 16.2. The third-order valence-electron chi connectivity index (χ3n) is 4.35. The maximum absolute atomic E-state index is 12.9. The van der Waals surface area contributed by atoms with E-state index in [1.54, 1.807) is 0 Å². The van der Waals surface area contributed by atoms with Gasteiger partial charge >= 0.3 is 0 Å². The summed E-state index contributed by atoms with van der Waals surface area (Å²) in [7, 11) is 0. The van der Waals surface area contributed by atoms with Crippen molar-refractivity contribution in [2.45, 2.75) is 26.7 Å². The number of amides is 2. The van der Waals surface area contributed by atoms with Gasteiger partial charge in [0.15, 0.2) is 0 Å². The van der Waals surface area contributed by atoms with Gasteiger partial charge in [0.05, 0.1) is 0 Å². The number of hydrogen-bond donors (Lipinski definition) is 2. The Bertz CT molecular complexity index is 796. The summed E-state index contributed by atoms with van der Waals surface area (Å²) in [5.74, 6) is -1.02. The van der Waals surface area contributed by atoms with Crippen LogP contribution < -0.4 is 10.6 Å². The zero-order chi connectivity index (χ0) is 17.3. The predicted octanol–water partition coefficient (Wildman–Crippen LogP) is 3.80. The number of benzene rings is 2. The SMILES string of the molecule is Cc1ccc(NC(=O)C2(C(=O)Nc3ccc(F)cc3)CC2)c(C)c1. The highest BCUT2D eigenvalue weighted by Gasteiger charge is 2.56. The van der Waals surface area contributed by atoms with Crippen molar-refractivity contribution in [2.75, 3.05) is 10.6 Å². The van der Waals surface area contributed by atoms with E-state index in [0.717, 1.165) is 11.1 Å². The van der Waals surface area contributed by atoms with E-state index in [9.17, 15) is 14.0 Å². The molecule has 2 aromatic rings. The molecule has 2 amide bonds. The fourth-order valence-corrected chi connectivity index (χ4v) is 2.66. The van der Waals surface area contributed by atoms with Gasteiger partial charge in [-0.3, -0.25) is 9.59 Å². The van der Waals surface area contributed by atoms with Gasteiger partial charge in [-0.15, -0.1) is 0 Å². The maximum Gasteiger partial charge on any atom is 0.240 e. The smallest absolute Gasteiger partial charge is 0.240 e. The van der Waals surface area contributed by atoms with Crippen molar-refractivity contribution >= 4 is 23.2 Å². The topological polar surface area (TPSA) is 58.2 Å². The summed E-state index contributed by atoms with van der Waals surface area (Å²) in [6.45, 7) is 3.90. The molecule has 0 bridgehead atoms. The molecular formula is C19H19FN2O2.